The Bertz CT molecular complexity index is 1350. The number of halogens is 3. The number of aromatic amines is 2. The van der Waals surface area contributed by atoms with Gasteiger partial charge >= 0.3 is 5.69 Å². The lowest BCUT2D eigenvalue weighted by atomic mass is 9.90. The smallest absolute Gasteiger partial charge is 0.340 e. The predicted molar refractivity (Wildman–Crippen MR) is 152 cm³/mol. The fourth-order valence-electron chi connectivity index (χ4n) is 5.10. The molecule has 0 aliphatic carbocycles. The first-order valence-corrected chi connectivity index (χ1v) is 12.2. The molecule has 0 saturated carbocycles. The summed E-state index contributed by atoms with van der Waals surface area (Å²) >= 11 is 0. The van der Waals surface area contributed by atoms with Crippen LogP contribution < -0.4 is 15.7 Å². The van der Waals surface area contributed by atoms with Gasteiger partial charge in [0.1, 0.15) is 17.4 Å². The molecule has 0 unspecified atom stereocenters. The van der Waals surface area contributed by atoms with Gasteiger partial charge in [-0.1, -0.05) is 48.5 Å². The van der Waals surface area contributed by atoms with Gasteiger partial charge in [0, 0.05) is 18.2 Å². The third-order valence-electron chi connectivity index (χ3n) is 6.79. The van der Waals surface area contributed by atoms with E-state index in [2.05, 4.69) is 55.7 Å². The molecule has 2 heterocycles. The summed E-state index contributed by atoms with van der Waals surface area (Å²) in [6, 6.07) is 23.4. The lowest BCUT2D eigenvalue weighted by Gasteiger charge is -2.42. The van der Waals surface area contributed by atoms with Gasteiger partial charge in [0.2, 0.25) is 0 Å². The lowest BCUT2D eigenvalue weighted by molar-refractivity contribution is 0.100. The second-order valence-corrected chi connectivity index (χ2v) is 9.11. The Kier molecular flexibility index (Phi) is 10.5. The van der Waals surface area contributed by atoms with Crippen LogP contribution in [0.4, 0.5) is 4.39 Å². The third kappa shape index (κ3) is 6.82. The largest absolute Gasteiger partial charge is 0.496 e. The van der Waals surface area contributed by atoms with Crippen molar-refractivity contribution in [2.24, 2.45) is 0 Å². The highest BCUT2D eigenvalue weighted by Crippen LogP contribution is 2.33. The molecule has 2 atom stereocenters. The van der Waals surface area contributed by atoms with Crippen molar-refractivity contribution in [1.82, 2.24) is 25.4 Å². The second-order valence-electron chi connectivity index (χ2n) is 9.11. The quantitative estimate of drug-likeness (QED) is 0.274. The second kappa shape index (κ2) is 13.6. The number of piperidine rings is 1. The van der Waals surface area contributed by atoms with Crippen LogP contribution in [0.25, 0.3) is 11.1 Å². The van der Waals surface area contributed by atoms with E-state index in [9.17, 15) is 9.18 Å². The summed E-state index contributed by atoms with van der Waals surface area (Å²) in [6.07, 6.45) is 2.05. The first-order valence-electron chi connectivity index (χ1n) is 12.2. The van der Waals surface area contributed by atoms with Crippen molar-refractivity contribution >= 4 is 24.8 Å². The molecule has 3 aromatic carbocycles. The molecule has 1 saturated heterocycles. The van der Waals surface area contributed by atoms with Crippen LogP contribution in [-0.2, 0) is 13.1 Å². The van der Waals surface area contributed by atoms with Crippen LogP contribution >= 0.6 is 24.8 Å². The van der Waals surface area contributed by atoms with Gasteiger partial charge in [-0.2, -0.15) is 5.10 Å². The number of H-pyrrole nitrogens is 2. The zero-order chi connectivity index (χ0) is 24.9. The normalized spacial score (nSPS) is 17.3. The van der Waals surface area contributed by atoms with E-state index >= 15 is 0 Å². The van der Waals surface area contributed by atoms with Crippen molar-refractivity contribution < 1.29 is 9.13 Å². The Hall–Kier alpha value is -3.17. The van der Waals surface area contributed by atoms with E-state index < -0.39 is 0 Å². The number of nitrogens with one attached hydrogen (secondary N) is 3. The molecule has 10 heteroatoms. The predicted octanol–water partition coefficient (Wildman–Crippen LogP) is 5.25. The number of hydrogen-bond donors (Lipinski definition) is 3. The molecule has 202 valence electrons. The first kappa shape index (κ1) is 29.4. The van der Waals surface area contributed by atoms with E-state index in [1.165, 1.54) is 17.7 Å². The van der Waals surface area contributed by atoms with E-state index in [1.807, 2.05) is 18.2 Å². The van der Waals surface area contributed by atoms with Crippen LogP contribution in [0, 0.1) is 5.82 Å². The van der Waals surface area contributed by atoms with Crippen LogP contribution in [0.5, 0.6) is 5.75 Å². The monoisotopic (exact) mass is 559 g/mol. The fourth-order valence-corrected chi connectivity index (χ4v) is 5.10. The number of aromatic nitrogens is 3. The number of hydrogen-bond acceptors (Lipinski definition) is 5. The van der Waals surface area contributed by atoms with Crippen LogP contribution in [0.1, 0.15) is 35.8 Å². The average molecular weight is 561 g/mol. The molecule has 1 aliphatic heterocycles. The summed E-state index contributed by atoms with van der Waals surface area (Å²) < 4.78 is 19.1. The van der Waals surface area contributed by atoms with Crippen molar-refractivity contribution in [2.75, 3.05) is 13.7 Å². The standard InChI is InChI=1S/C28H30FN5O2.2ClH/c1-36-25-14-11-21(19-9-12-23(29)13-10-19)16-22(25)17-30-24-8-5-15-34(18-26-31-28(35)33-32-26)27(24)20-6-3-2-4-7-20;;/h2-4,6-7,9-14,16,24,27,30H,5,8,15,17-18H2,1H3,(H2,31,32,33,35);2*1H/t24-,27-;;/m0../s1. The number of rotatable bonds is 8. The minimum Gasteiger partial charge on any atom is -0.496 e. The highest BCUT2D eigenvalue weighted by atomic mass is 35.5. The molecule has 0 amide bonds. The number of benzene rings is 3. The van der Waals surface area contributed by atoms with E-state index in [1.54, 1.807) is 19.2 Å². The number of methoxy groups -OCH3 is 1. The van der Waals surface area contributed by atoms with Crippen molar-refractivity contribution in [3.8, 4) is 16.9 Å². The Balaban J connectivity index is 0.00000200. The summed E-state index contributed by atoms with van der Waals surface area (Å²) in [6.45, 7) is 2.09. The maximum atomic E-state index is 13.4. The van der Waals surface area contributed by atoms with Gasteiger partial charge in [-0.3, -0.25) is 9.88 Å². The van der Waals surface area contributed by atoms with Gasteiger partial charge in [0.15, 0.2) is 0 Å². The average Bonchev–Trinajstić information content (AvgIpc) is 3.32. The third-order valence-corrected chi connectivity index (χ3v) is 6.79. The molecule has 7 nitrogen and oxygen atoms in total. The number of ether oxygens (including phenoxy) is 1. The molecule has 1 fully saturated rings. The Morgan fingerprint density at radius 2 is 1.79 bits per heavy atom. The zero-order valence-electron chi connectivity index (χ0n) is 21.0. The highest BCUT2D eigenvalue weighted by molar-refractivity contribution is 5.85. The van der Waals surface area contributed by atoms with Crippen LogP contribution in [0.15, 0.2) is 77.6 Å². The van der Waals surface area contributed by atoms with Gasteiger partial charge in [-0.15, -0.1) is 24.8 Å². The summed E-state index contributed by atoms with van der Waals surface area (Å²) in [7, 11) is 1.68. The molecule has 3 N–H and O–H groups in total. The molecule has 1 aliphatic rings. The molecular weight excluding hydrogens is 528 g/mol. The molecular formula is C28H32Cl2FN5O2. The fraction of sp³-hybridized carbons (Fsp3) is 0.286. The van der Waals surface area contributed by atoms with E-state index in [4.69, 9.17) is 4.74 Å². The Morgan fingerprint density at radius 1 is 1.05 bits per heavy atom. The molecule has 0 bridgehead atoms. The zero-order valence-corrected chi connectivity index (χ0v) is 22.7. The molecule has 0 radical (unpaired) electrons. The van der Waals surface area contributed by atoms with Crippen LogP contribution in [0.2, 0.25) is 0 Å². The Morgan fingerprint density at radius 3 is 2.47 bits per heavy atom. The highest BCUT2D eigenvalue weighted by Gasteiger charge is 2.33. The summed E-state index contributed by atoms with van der Waals surface area (Å²) in [4.78, 5) is 16.7. The number of nitrogens with zero attached hydrogens (tertiary/aromatic N) is 2. The first-order chi connectivity index (χ1) is 17.6. The molecule has 4 aromatic rings. The van der Waals surface area contributed by atoms with Crippen molar-refractivity contribution in [1.29, 1.82) is 0 Å². The van der Waals surface area contributed by atoms with Crippen LogP contribution in [-0.4, -0.2) is 39.8 Å². The maximum absolute atomic E-state index is 13.4. The van der Waals surface area contributed by atoms with Gasteiger partial charge < -0.3 is 10.1 Å². The van der Waals surface area contributed by atoms with Gasteiger partial charge in [-0.25, -0.2) is 14.3 Å². The molecule has 5 rings (SSSR count). The van der Waals surface area contributed by atoms with Crippen molar-refractivity contribution in [3.63, 3.8) is 0 Å². The molecule has 1 aromatic heterocycles. The van der Waals surface area contributed by atoms with Gasteiger partial charge in [0.25, 0.3) is 0 Å². The summed E-state index contributed by atoms with van der Waals surface area (Å²) in [5, 5.41) is 10.4. The summed E-state index contributed by atoms with van der Waals surface area (Å²) in [5.74, 6) is 1.20. The summed E-state index contributed by atoms with van der Waals surface area (Å²) in [5.41, 5.74) is 3.94. The van der Waals surface area contributed by atoms with Crippen molar-refractivity contribution in [3.05, 3.63) is 106 Å². The van der Waals surface area contributed by atoms with Gasteiger partial charge in [-0.05, 0) is 60.3 Å². The molecule has 0 spiro atoms. The molecule has 38 heavy (non-hydrogen) atoms. The van der Waals surface area contributed by atoms with E-state index in [0.29, 0.717) is 18.9 Å². The van der Waals surface area contributed by atoms with E-state index in [0.717, 1.165) is 41.8 Å². The minimum atomic E-state index is -0.291. The Labute approximate surface area is 233 Å². The topological polar surface area (TPSA) is 86.0 Å². The van der Waals surface area contributed by atoms with Crippen LogP contribution in [0.3, 0.4) is 0 Å². The maximum Gasteiger partial charge on any atom is 0.340 e. The lowest BCUT2D eigenvalue weighted by Crippen LogP contribution is -2.47. The SMILES string of the molecule is COc1ccc(-c2ccc(F)cc2)cc1CN[C@H]1CCCN(Cc2n[nH]c(=O)[nH]2)[C@H]1c1ccccc1.Cl.Cl. The van der Waals surface area contributed by atoms with Crippen molar-refractivity contribution in [2.45, 2.75) is 38.0 Å². The number of likely N-dealkylation sites (tertiary alicyclic amines) is 1. The van der Waals surface area contributed by atoms with E-state index in [-0.39, 0.29) is 48.4 Å². The minimum absolute atomic E-state index is 0. The van der Waals surface area contributed by atoms with Gasteiger partial charge in [0.05, 0.1) is 19.7 Å².